The Kier molecular flexibility index (Phi) is 6.00. The molecule has 0 spiro atoms. The largest absolute Gasteiger partial charge is 0.489 e. The van der Waals surface area contributed by atoms with Crippen LogP contribution in [0.1, 0.15) is 29.2 Å². The second kappa shape index (κ2) is 8.81. The van der Waals surface area contributed by atoms with E-state index in [4.69, 9.17) is 4.74 Å². The number of hydrogen-bond donors (Lipinski definition) is 0. The van der Waals surface area contributed by atoms with Gasteiger partial charge in [0.05, 0.1) is 4.92 Å². The standard InChI is InChI=1S/C23H21NO3/c1-18(24(25)26)14-21-12-13-23(27-17-20-10-6-3-7-11-20)22(16-21)15-19-8-4-2-5-9-19/h2-14,16H,15,17H2,1H3/b18-14+. The Hall–Kier alpha value is -3.40. The van der Waals surface area contributed by atoms with Crippen molar-refractivity contribution in [2.45, 2.75) is 20.0 Å². The summed E-state index contributed by atoms with van der Waals surface area (Å²) in [5.41, 5.74) is 4.16. The average Bonchev–Trinajstić information content (AvgIpc) is 2.69. The summed E-state index contributed by atoms with van der Waals surface area (Å²) in [5.74, 6) is 0.790. The molecule has 0 N–H and O–H groups in total. The zero-order chi connectivity index (χ0) is 19.1. The molecule has 3 aromatic rings. The van der Waals surface area contributed by atoms with Gasteiger partial charge in [0.2, 0.25) is 5.70 Å². The van der Waals surface area contributed by atoms with Crippen LogP contribution in [0.4, 0.5) is 0 Å². The van der Waals surface area contributed by atoms with Crippen LogP contribution >= 0.6 is 0 Å². The predicted octanol–water partition coefficient (Wildman–Crippen LogP) is 5.49. The van der Waals surface area contributed by atoms with Crippen LogP contribution in [0, 0.1) is 10.1 Å². The summed E-state index contributed by atoms with van der Waals surface area (Å²) < 4.78 is 6.05. The SMILES string of the molecule is C/C(=C\c1ccc(OCc2ccccc2)c(Cc2ccccc2)c1)[N+](=O)[O-]. The molecule has 3 aromatic carbocycles. The summed E-state index contributed by atoms with van der Waals surface area (Å²) in [6.07, 6.45) is 2.28. The number of hydrogen-bond acceptors (Lipinski definition) is 3. The molecule has 136 valence electrons. The Balaban J connectivity index is 1.88. The molecule has 0 heterocycles. The van der Waals surface area contributed by atoms with Crippen LogP contribution in [-0.2, 0) is 13.0 Å². The highest BCUT2D eigenvalue weighted by Gasteiger charge is 2.09. The van der Waals surface area contributed by atoms with Gasteiger partial charge in [-0.1, -0.05) is 66.7 Å². The van der Waals surface area contributed by atoms with Crippen molar-refractivity contribution < 1.29 is 9.66 Å². The van der Waals surface area contributed by atoms with Crippen LogP contribution in [-0.4, -0.2) is 4.92 Å². The Labute approximate surface area is 158 Å². The second-order valence-electron chi connectivity index (χ2n) is 6.35. The summed E-state index contributed by atoms with van der Waals surface area (Å²) in [5, 5.41) is 10.9. The van der Waals surface area contributed by atoms with Gasteiger partial charge in [-0.15, -0.1) is 0 Å². The second-order valence-corrected chi connectivity index (χ2v) is 6.35. The number of allylic oxidation sites excluding steroid dienone is 1. The lowest BCUT2D eigenvalue weighted by Gasteiger charge is -2.13. The van der Waals surface area contributed by atoms with E-state index in [9.17, 15) is 10.1 Å². The third-order valence-corrected chi connectivity index (χ3v) is 4.22. The Morgan fingerprint density at radius 3 is 2.22 bits per heavy atom. The molecule has 27 heavy (non-hydrogen) atoms. The first-order valence-electron chi connectivity index (χ1n) is 8.78. The molecular weight excluding hydrogens is 338 g/mol. The molecule has 0 aromatic heterocycles. The highest BCUT2D eigenvalue weighted by Crippen LogP contribution is 2.25. The predicted molar refractivity (Wildman–Crippen MR) is 107 cm³/mol. The highest BCUT2D eigenvalue weighted by atomic mass is 16.6. The van der Waals surface area contributed by atoms with E-state index in [1.165, 1.54) is 6.92 Å². The van der Waals surface area contributed by atoms with Crippen LogP contribution in [0.25, 0.3) is 6.08 Å². The Morgan fingerprint density at radius 1 is 0.963 bits per heavy atom. The molecule has 4 heteroatoms. The zero-order valence-electron chi connectivity index (χ0n) is 15.2. The molecule has 0 saturated carbocycles. The first-order chi connectivity index (χ1) is 13.1. The van der Waals surface area contributed by atoms with Gasteiger partial charge in [-0.05, 0) is 34.4 Å². The average molecular weight is 359 g/mol. The first kappa shape index (κ1) is 18.4. The van der Waals surface area contributed by atoms with Crippen LogP contribution in [0.2, 0.25) is 0 Å². The van der Waals surface area contributed by atoms with Gasteiger partial charge < -0.3 is 4.74 Å². The lowest BCUT2D eigenvalue weighted by molar-refractivity contribution is -0.422. The molecule has 0 radical (unpaired) electrons. The quantitative estimate of drug-likeness (QED) is 0.414. The van der Waals surface area contributed by atoms with E-state index in [1.807, 2.05) is 66.7 Å². The summed E-state index contributed by atoms with van der Waals surface area (Å²) in [7, 11) is 0. The molecule has 0 unspecified atom stereocenters. The molecular formula is C23H21NO3. The van der Waals surface area contributed by atoms with Gasteiger partial charge >= 0.3 is 0 Å². The van der Waals surface area contributed by atoms with E-state index < -0.39 is 0 Å². The van der Waals surface area contributed by atoms with E-state index in [0.717, 1.165) is 28.0 Å². The molecule has 0 amide bonds. The maximum Gasteiger partial charge on any atom is 0.243 e. The number of ether oxygens (including phenoxy) is 1. The van der Waals surface area contributed by atoms with E-state index in [1.54, 1.807) is 6.08 Å². The van der Waals surface area contributed by atoms with Gasteiger partial charge in [0.25, 0.3) is 0 Å². The zero-order valence-corrected chi connectivity index (χ0v) is 15.2. The van der Waals surface area contributed by atoms with Crippen molar-refractivity contribution in [3.8, 4) is 5.75 Å². The van der Waals surface area contributed by atoms with Crippen molar-refractivity contribution in [2.24, 2.45) is 0 Å². The molecule has 0 aliphatic carbocycles. The number of rotatable bonds is 7. The molecule has 0 bridgehead atoms. The molecule has 3 rings (SSSR count). The van der Waals surface area contributed by atoms with Gasteiger partial charge in [0.15, 0.2) is 0 Å². The fraction of sp³-hybridized carbons (Fsp3) is 0.130. The topological polar surface area (TPSA) is 52.4 Å². The van der Waals surface area contributed by atoms with Crippen molar-refractivity contribution in [1.29, 1.82) is 0 Å². The third-order valence-electron chi connectivity index (χ3n) is 4.22. The van der Waals surface area contributed by atoms with Crippen LogP contribution in [0.5, 0.6) is 5.75 Å². The lowest BCUT2D eigenvalue weighted by atomic mass is 10.0. The summed E-state index contributed by atoms with van der Waals surface area (Å²) in [6, 6.07) is 25.8. The summed E-state index contributed by atoms with van der Waals surface area (Å²) in [4.78, 5) is 10.5. The fourth-order valence-corrected chi connectivity index (χ4v) is 2.81. The highest BCUT2D eigenvalue weighted by molar-refractivity contribution is 5.55. The fourth-order valence-electron chi connectivity index (χ4n) is 2.81. The molecule has 0 atom stereocenters. The van der Waals surface area contributed by atoms with Gasteiger partial charge in [0, 0.05) is 19.4 Å². The van der Waals surface area contributed by atoms with Gasteiger partial charge in [-0.3, -0.25) is 10.1 Å². The van der Waals surface area contributed by atoms with Gasteiger partial charge in [-0.2, -0.15) is 0 Å². The minimum atomic E-state index is -0.378. The molecule has 0 aliphatic rings. The Morgan fingerprint density at radius 2 is 1.59 bits per heavy atom. The van der Waals surface area contributed by atoms with E-state index in [2.05, 4.69) is 12.1 Å². The number of nitro groups is 1. The van der Waals surface area contributed by atoms with Crippen molar-refractivity contribution in [3.05, 3.63) is 117 Å². The van der Waals surface area contributed by atoms with Crippen molar-refractivity contribution >= 4 is 6.08 Å². The first-order valence-corrected chi connectivity index (χ1v) is 8.78. The van der Waals surface area contributed by atoms with Gasteiger partial charge in [-0.25, -0.2) is 0 Å². The Bertz CT molecular complexity index is 934. The van der Waals surface area contributed by atoms with Crippen molar-refractivity contribution in [2.75, 3.05) is 0 Å². The number of nitrogens with zero attached hydrogens (tertiary/aromatic N) is 1. The number of benzene rings is 3. The van der Waals surface area contributed by atoms with Crippen molar-refractivity contribution in [3.63, 3.8) is 0 Å². The summed E-state index contributed by atoms with van der Waals surface area (Å²) >= 11 is 0. The molecule has 0 fully saturated rings. The normalized spacial score (nSPS) is 11.2. The molecule has 0 saturated heterocycles. The maximum absolute atomic E-state index is 10.9. The lowest BCUT2D eigenvalue weighted by Crippen LogP contribution is -2.00. The molecule has 0 aliphatic heterocycles. The van der Waals surface area contributed by atoms with Crippen LogP contribution in [0.3, 0.4) is 0 Å². The maximum atomic E-state index is 10.9. The minimum absolute atomic E-state index is 0.110. The summed E-state index contributed by atoms with van der Waals surface area (Å²) in [6.45, 7) is 1.97. The van der Waals surface area contributed by atoms with E-state index >= 15 is 0 Å². The third kappa shape index (κ3) is 5.28. The van der Waals surface area contributed by atoms with Crippen LogP contribution in [0.15, 0.2) is 84.6 Å². The molecule has 4 nitrogen and oxygen atoms in total. The smallest absolute Gasteiger partial charge is 0.243 e. The monoisotopic (exact) mass is 359 g/mol. The van der Waals surface area contributed by atoms with Gasteiger partial charge in [0.1, 0.15) is 12.4 Å². The van der Waals surface area contributed by atoms with E-state index in [0.29, 0.717) is 13.0 Å². The van der Waals surface area contributed by atoms with Crippen LogP contribution < -0.4 is 4.74 Å². The van der Waals surface area contributed by atoms with Crippen molar-refractivity contribution in [1.82, 2.24) is 0 Å². The minimum Gasteiger partial charge on any atom is -0.489 e. The van der Waals surface area contributed by atoms with E-state index in [-0.39, 0.29) is 10.6 Å².